The molecule has 0 aliphatic carbocycles. The maximum atomic E-state index is 13.8. The molecule has 0 heterocycles. The van der Waals surface area contributed by atoms with Gasteiger partial charge in [0.05, 0.1) is 12.2 Å². The van der Waals surface area contributed by atoms with E-state index in [0.717, 1.165) is 25.7 Å². The van der Waals surface area contributed by atoms with Crippen LogP contribution in [-0.2, 0) is 15.9 Å². The number of halogens is 2. The van der Waals surface area contributed by atoms with Crippen LogP contribution in [0.15, 0.2) is 18.2 Å². The molecule has 4 heteroatoms. The number of unbranched alkanes of at least 4 members (excludes halogenated alkanes) is 5. The van der Waals surface area contributed by atoms with Gasteiger partial charge in [0, 0.05) is 19.8 Å². The summed E-state index contributed by atoms with van der Waals surface area (Å²) < 4.78 is 39.0. The number of hydrogen-bond acceptors (Lipinski definition) is 2. The smallest absolute Gasteiger partial charge is 0.129 e. The fraction of sp³-hybridized carbons (Fsp3) is 0.750. The Balaban J connectivity index is 2.34. The molecule has 1 aromatic rings. The van der Waals surface area contributed by atoms with Crippen LogP contribution in [0.2, 0.25) is 0 Å². The quantitative estimate of drug-likeness (QED) is 0.277. The predicted octanol–water partition coefficient (Wildman–Crippen LogP) is 7.09. The second-order valence-electron chi connectivity index (χ2n) is 8.05. The summed E-state index contributed by atoms with van der Waals surface area (Å²) in [6, 6.07) is 4.08. The van der Waals surface area contributed by atoms with E-state index in [0.29, 0.717) is 6.42 Å². The van der Waals surface area contributed by atoms with E-state index in [2.05, 4.69) is 13.8 Å². The predicted molar refractivity (Wildman–Crippen MR) is 113 cm³/mol. The first-order valence-electron chi connectivity index (χ1n) is 11.0. The number of hydrogen-bond donors (Lipinski definition) is 0. The van der Waals surface area contributed by atoms with Gasteiger partial charge in [0.2, 0.25) is 0 Å². The van der Waals surface area contributed by atoms with E-state index in [1.54, 1.807) is 14.2 Å². The molecular weight excluding hydrogens is 358 g/mol. The fourth-order valence-electron chi connectivity index (χ4n) is 3.88. The highest BCUT2D eigenvalue weighted by Gasteiger charge is 2.21. The van der Waals surface area contributed by atoms with Crippen molar-refractivity contribution in [2.45, 2.75) is 96.7 Å². The summed E-state index contributed by atoms with van der Waals surface area (Å²) in [7, 11) is 3.51. The molecule has 3 atom stereocenters. The molecular formula is C24H40F2O2. The number of rotatable bonds is 16. The van der Waals surface area contributed by atoms with Crippen molar-refractivity contribution < 1.29 is 18.3 Å². The van der Waals surface area contributed by atoms with Gasteiger partial charge in [-0.05, 0) is 37.3 Å². The van der Waals surface area contributed by atoms with E-state index in [-0.39, 0.29) is 23.7 Å². The highest BCUT2D eigenvalue weighted by Crippen LogP contribution is 2.22. The monoisotopic (exact) mass is 398 g/mol. The molecule has 3 unspecified atom stereocenters. The van der Waals surface area contributed by atoms with Gasteiger partial charge in [0.1, 0.15) is 11.6 Å². The molecule has 0 aliphatic heterocycles. The summed E-state index contributed by atoms with van der Waals surface area (Å²) in [5, 5.41) is 0. The first kappa shape index (κ1) is 25.0. The van der Waals surface area contributed by atoms with Gasteiger partial charge in [0.25, 0.3) is 0 Å². The van der Waals surface area contributed by atoms with Crippen molar-refractivity contribution in [3.8, 4) is 0 Å². The standard InChI is InChI=1S/C24H40F2O2/c1-5-6-7-8-9-10-16-23(27-3)24(28-4)17-11-13-19(2)18-20-21(25)14-12-15-22(20)26/h12,14-15,19,23-24H,5-11,13,16-18H2,1-4H3. The molecule has 0 N–H and O–H groups in total. The minimum absolute atomic E-state index is 0.0815. The Kier molecular flexibility index (Phi) is 13.3. The van der Waals surface area contributed by atoms with Crippen molar-refractivity contribution in [1.29, 1.82) is 0 Å². The van der Waals surface area contributed by atoms with Gasteiger partial charge in [-0.25, -0.2) is 8.78 Å². The Morgan fingerprint density at radius 1 is 0.786 bits per heavy atom. The summed E-state index contributed by atoms with van der Waals surface area (Å²) in [6.07, 6.45) is 12.1. The second-order valence-corrected chi connectivity index (χ2v) is 8.05. The third-order valence-electron chi connectivity index (χ3n) is 5.66. The Labute approximate surface area is 171 Å². The van der Waals surface area contributed by atoms with Crippen LogP contribution in [0.3, 0.4) is 0 Å². The number of benzene rings is 1. The average Bonchev–Trinajstić information content (AvgIpc) is 2.68. The van der Waals surface area contributed by atoms with Gasteiger partial charge in [0.15, 0.2) is 0 Å². The van der Waals surface area contributed by atoms with E-state index in [4.69, 9.17) is 9.47 Å². The van der Waals surface area contributed by atoms with Crippen molar-refractivity contribution in [3.63, 3.8) is 0 Å². The van der Waals surface area contributed by atoms with Crippen molar-refractivity contribution >= 4 is 0 Å². The number of ether oxygens (including phenoxy) is 2. The Hall–Kier alpha value is -1.00. The van der Waals surface area contributed by atoms with E-state index in [1.807, 2.05) is 0 Å². The summed E-state index contributed by atoms with van der Waals surface area (Å²) in [6.45, 7) is 4.29. The minimum atomic E-state index is -0.444. The Bertz CT molecular complexity index is 501. The van der Waals surface area contributed by atoms with Gasteiger partial charge < -0.3 is 9.47 Å². The first-order chi connectivity index (χ1) is 13.5. The van der Waals surface area contributed by atoms with E-state index in [9.17, 15) is 8.78 Å². The zero-order valence-corrected chi connectivity index (χ0v) is 18.3. The molecule has 0 saturated heterocycles. The summed E-state index contributed by atoms with van der Waals surface area (Å²) in [5.41, 5.74) is 0.205. The summed E-state index contributed by atoms with van der Waals surface area (Å²) in [5.74, 6) is -0.663. The third-order valence-corrected chi connectivity index (χ3v) is 5.66. The lowest BCUT2D eigenvalue weighted by Crippen LogP contribution is -2.30. The van der Waals surface area contributed by atoms with Crippen LogP contribution in [0, 0.1) is 17.6 Å². The lowest BCUT2D eigenvalue weighted by atomic mass is 9.93. The topological polar surface area (TPSA) is 18.5 Å². The summed E-state index contributed by atoms with van der Waals surface area (Å²) >= 11 is 0. The van der Waals surface area contributed by atoms with Crippen LogP contribution in [-0.4, -0.2) is 26.4 Å². The molecule has 0 fully saturated rings. The van der Waals surface area contributed by atoms with Crippen LogP contribution in [0.4, 0.5) is 8.78 Å². The van der Waals surface area contributed by atoms with Crippen molar-refractivity contribution in [2.75, 3.05) is 14.2 Å². The lowest BCUT2D eigenvalue weighted by molar-refractivity contribution is -0.0453. The maximum Gasteiger partial charge on any atom is 0.129 e. The van der Waals surface area contributed by atoms with E-state index in [1.165, 1.54) is 56.7 Å². The molecule has 1 rings (SSSR count). The molecule has 0 spiro atoms. The minimum Gasteiger partial charge on any atom is -0.379 e. The van der Waals surface area contributed by atoms with Gasteiger partial charge in [-0.15, -0.1) is 0 Å². The Morgan fingerprint density at radius 2 is 1.32 bits per heavy atom. The Morgan fingerprint density at radius 3 is 1.89 bits per heavy atom. The van der Waals surface area contributed by atoms with E-state index < -0.39 is 11.6 Å². The SMILES string of the molecule is CCCCCCCCC(OC)C(CCCC(C)Cc1c(F)cccc1F)OC. The van der Waals surface area contributed by atoms with Crippen LogP contribution in [0.25, 0.3) is 0 Å². The highest BCUT2D eigenvalue weighted by molar-refractivity contribution is 5.20. The summed E-state index contributed by atoms with van der Waals surface area (Å²) in [4.78, 5) is 0. The molecule has 0 bridgehead atoms. The van der Waals surface area contributed by atoms with Gasteiger partial charge in [-0.3, -0.25) is 0 Å². The maximum absolute atomic E-state index is 13.8. The number of methoxy groups -OCH3 is 2. The molecule has 28 heavy (non-hydrogen) atoms. The van der Waals surface area contributed by atoms with Gasteiger partial charge in [-0.2, -0.15) is 0 Å². The first-order valence-corrected chi connectivity index (χ1v) is 11.0. The fourth-order valence-corrected chi connectivity index (χ4v) is 3.88. The molecule has 0 radical (unpaired) electrons. The molecule has 0 aromatic heterocycles. The lowest BCUT2D eigenvalue weighted by Gasteiger charge is -2.25. The zero-order chi connectivity index (χ0) is 20.8. The molecule has 0 amide bonds. The van der Waals surface area contributed by atoms with Gasteiger partial charge >= 0.3 is 0 Å². The van der Waals surface area contributed by atoms with Crippen LogP contribution < -0.4 is 0 Å². The molecule has 0 aliphatic rings. The van der Waals surface area contributed by atoms with Crippen LogP contribution in [0.5, 0.6) is 0 Å². The molecule has 0 saturated carbocycles. The van der Waals surface area contributed by atoms with Gasteiger partial charge in [-0.1, -0.05) is 71.3 Å². The van der Waals surface area contributed by atoms with Crippen molar-refractivity contribution in [2.24, 2.45) is 5.92 Å². The largest absolute Gasteiger partial charge is 0.379 e. The van der Waals surface area contributed by atoms with Crippen LogP contribution in [0.1, 0.15) is 83.6 Å². The normalized spacial score (nSPS) is 14.8. The van der Waals surface area contributed by atoms with Crippen LogP contribution >= 0.6 is 0 Å². The third kappa shape index (κ3) is 9.47. The van der Waals surface area contributed by atoms with Crippen molar-refractivity contribution in [1.82, 2.24) is 0 Å². The molecule has 1 aromatic carbocycles. The second kappa shape index (κ2) is 14.9. The zero-order valence-electron chi connectivity index (χ0n) is 18.3. The molecule has 162 valence electrons. The van der Waals surface area contributed by atoms with Crippen molar-refractivity contribution in [3.05, 3.63) is 35.4 Å². The average molecular weight is 399 g/mol. The van der Waals surface area contributed by atoms with E-state index >= 15 is 0 Å². The highest BCUT2D eigenvalue weighted by atomic mass is 19.1. The molecule has 2 nitrogen and oxygen atoms in total.